The summed E-state index contributed by atoms with van der Waals surface area (Å²) in [5.41, 5.74) is 1.80. The summed E-state index contributed by atoms with van der Waals surface area (Å²) in [6, 6.07) is 0.518. The minimum absolute atomic E-state index is 0.0867. The van der Waals surface area contributed by atoms with Gasteiger partial charge in [0.25, 0.3) is 0 Å². The molecule has 1 aromatic heterocycles. The lowest BCUT2D eigenvalue weighted by molar-refractivity contribution is -0.116. The van der Waals surface area contributed by atoms with Crippen LogP contribution in [0.5, 0.6) is 0 Å². The number of hydrogen-bond donors (Lipinski definition) is 2. The minimum Gasteiger partial charge on any atom is -0.323 e. The Morgan fingerprint density at radius 3 is 3.05 bits per heavy atom. The van der Waals surface area contributed by atoms with E-state index >= 15 is 0 Å². The van der Waals surface area contributed by atoms with Gasteiger partial charge in [-0.1, -0.05) is 13.8 Å². The summed E-state index contributed by atoms with van der Waals surface area (Å²) < 4.78 is 1.75. The zero-order chi connectivity index (χ0) is 13.8. The van der Waals surface area contributed by atoms with Crippen LogP contribution in [0.15, 0.2) is 6.20 Å². The van der Waals surface area contributed by atoms with E-state index < -0.39 is 0 Å². The lowest BCUT2D eigenvalue weighted by Crippen LogP contribution is -2.23. The number of rotatable bonds is 5. The van der Waals surface area contributed by atoms with E-state index in [0.717, 1.165) is 24.3 Å². The van der Waals surface area contributed by atoms with Gasteiger partial charge >= 0.3 is 0 Å². The summed E-state index contributed by atoms with van der Waals surface area (Å²) in [5, 5.41) is 10.8. The second kappa shape index (κ2) is 6.19. The molecular weight excluding hydrogens is 240 g/mol. The third-order valence-corrected chi connectivity index (χ3v) is 3.56. The second-order valence-corrected chi connectivity index (χ2v) is 5.64. The first-order valence-electron chi connectivity index (χ1n) is 7.13. The standard InChI is InChI=1S/C14H24N4O/c1-10(2)14-12(9-18(3)17-14)16-13(19)7-6-11-5-4-8-15-11/h9-11,15H,4-8H2,1-3H3,(H,16,19). The predicted octanol–water partition coefficient (Wildman–Crippen LogP) is 2.01. The molecule has 1 aromatic rings. The molecule has 1 atom stereocenters. The molecule has 106 valence electrons. The van der Waals surface area contributed by atoms with Crippen molar-refractivity contribution in [2.24, 2.45) is 7.05 Å². The van der Waals surface area contributed by atoms with Crippen molar-refractivity contribution in [1.82, 2.24) is 15.1 Å². The van der Waals surface area contributed by atoms with Gasteiger partial charge in [-0.2, -0.15) is 5.10 Å². The predicted molar refractivity (Wildman–Crippen MR) is 76.2 cm³/mol. The van der Waals surface area contributed by atoms with E-state index in [4.69, 9.17) is 0 Å². The molecule has 1 amide bonds. The van der Waals surface area contributed by atoms with Gasteiger partial charge in [-0.25, -0.2) is 0 Å². The van der Waals surface area contributed by atoms with Crippen LogP contribution in [-0.2, 0) is 11.8 Å². The van der Waals surface area contributed by atoms with Crippen molar-refractivity contribution in [2.45, 2.75) is 51.5 Å². The van der Waals surface area contributed by atoms with Crippen molar-refractivity contribution in [1.29, 1.82) is 0 Å². The smallest absolute Gasteiger partial charge is 0.224 e. The molecule has 2 N–H and O–H groups in total. The Hall–Kier alpha value is -1.36. The number of hydrogen-bond acceptors (Lipinski definition) is 3. The van der Waals surface area contributed by atoms with Gasteiger partial charge in [-0.05, 0) is 31.7 Å². The van der Waals surface area contributed by atoms with E-state index in [9.17, 15) is 4.79 Å². The quantitative estimate of drug-likeness (QED) is 0.855. The first-order valence-corrected chi connectivity index (χ1v) is 7.13. The lowest BCUT2D eigenvalue weighted by Gasteiger charge is -2.10. The topological polar surface area (TPSA) is 59.0 Å². The van der Waals surface area contributed by atoms with Crippen molar-refractivity contribution in [3.05, 3.63) is 11.9 Å². The van der Waals surface area contributed by atoms with Crippen molar-refractivity contribution < 1.29 is 4.79 Å². The van der Waals surface area contributed by atoms with Gasteiger partial charge in [-0.3, -0.25) is 9.48 Å². The van der Waals surface area contributed by atoms with Gasteiger partial charge in [0, 0.05) is 25.7 Å². The average molecular weight is 264 g/mol. The van der Waals surface area contributed by atoms with Crippen molar-refractivity contribution >= 4 is 11.6 Å². The SMILES string of the molecule is CC(C)c1nn(C)cc1NC(=O)CCC1CCCN1. The summed E-state index contributed by atoms with van der Waals surface area (Å²) in [6.45, 7) is 5.26. The normalized spacial score (nSPS) is 19.1. The van der Waals surface area contributed by atoms with Gasteiger partial charge in [0.2, 0.25) is 5.91 Å². The molecule has 0 radical (unpaired) electrons. The number of aryl methyl sites for hydroxylation is 1. The van der Waals surface area contributed by atoms with Crippen molar-refractivity contribution in [3.63, 3.8) is 0 Å². The van der Waals surface area contributed by atoms with Crippen LogP contribution in [0, 0.1) is 0 Å². The van der Waals surface area contributed by atoms with Crippen LogP contribution >= 0.6 is 0 Å². The first-order chi connectivity index (χ1) is 9.06. The van der Waals surface area contributed by atoms with E-state index in [1.54, 1.807) is 4.68 Å². The summed E-state index contributed by atoms with van der Waals surface area (Å²) in [7, 11) is 1.88. The molecule has 5 heteroatoms. The van der Waals surface area contributed by atoms with Crippen LogP contribution in [0.1, 0.15) is 51.1 Å². The fourth-order valence-electron chi connectivity index (χ4n) is 2.55. The molecule has 2 rings (SSSR count). The maximum atomic E-state index is 12.0. The molecule has 0 aromatic carbocycles. The number of carbonyl (C=O) groups excluding carboxylic acids is 1. The number of amides is 1. The molecule has 0 aliphatic carbocycles. The number of nitrogens with one attached hydrogen (secondary N) is 2. The molecule has 1 aliphatic heterocycles. The number of carbonyl (C=O) groups is 1. The summed E-state index contributed by atoms with van der Waals surface area (Å²) in [4.78, 5) is 12.0. The zero-order valence-electron chi connectivity index (χ0n) is 12.1. The van der Waals surface area contributed by atoms with Crippen LogP contribution in [-0.4, -0.2) is 28.3 Å². The Morgan fingerprint density at radius 1 is 1.63 bits per heavy atom. The fraction of sp³-hybridized carbons (Fsp3) is 0.714. The molecule has 1 fully saturated rings. The van der Waals surface area contributed by atoms with Gasteiger partial charge in [0.15, 0.2) is 0 Å². The number of nitrogens with zero attached hydrogens (tertiary/aromatic N) is 2. The number of aromatic nitrogens is 2. The molecule has 1 saturated heterocycles. The largest absolute Gasteiger partial charge is 0.323 e. The summed E-state index contributed by atoms with van der Waals surface area (Å²) in [5.74, 6) is 0.400. The lowest BCUT2D eigenvalue weighted by atomic mass is 10.1. The monoisotopic (exact) mass is 264 g/mol. The van der Waals surface area contributed by atoms with E-state index in [0.29, 0.717) is 18.4 Å². The molecule has 0 spiro atoms. The first kappa shape index (κ1) is 14.1. The summed E-state index contributed by atoms with van der Waals surface area (Å²) >= 11 is 0. The van der Waals surface area contributed by atoms with Crippen molar-refractivity contribution in [2.75, 3.05) is 11.9 Å². The van der Waals surface area contributed by atoms with Gasteiger partial charge in [0.1, 0.15) is 0 Å². The van der Waals surface area contributed by atoms with Crippen LogP contribution in [0.25, 0.3) is 0 Å². The Balaban J connectivity index is 1.87. The van der Waals surface area contributed by atoms with Crippen LogP contribution < -0.4 is 10.6 Å². The Bertz CT molecular complexity index is 433. The Morgan fingerprint density at radius 2 is 2.42 bits per heavy atom. The zero-order valence-corrected chi connectivity index (χ0v) is 12.1. The fourth-order valence-corrected chi connectivity index (χ4v) is 2.55. The maximum absolute atomic E-state index is 12.0. The van der Waals surface area contributed by atoms with Gasteiger partial charge in [0.05, 0.1) is 11.4 Å². The number of anilines is 1. The molecule has 0 bridgehead atoms. The third-order valence-electron chi connectivity index (χ3n) is 3.56. The molecule has 1 unspecified atom stereocenters. The summed E-state index contributed by atoms with van der Waals surface area (Å²) in [6.07, 6.45) is 5.79. The maximum Gasteiger partial charge on any atom is 0.224 e. The third kappa shape index (κ3) is 3.80. The highest BCUT2D eigenvalue weighted by Gasteiger charge is 2.17. The van der Waals surface area contributed by atoms with E-state index in [1.807, 2.05) is 13.2 Å². The van der Waals surface area contributed by atoms with Gasteiger partial charge < -0.3 is 10.6 Å². The molecule has 2 heterocycles. The van der Waals surface area contributed by atoms with Crippen LogP contribution in [0.3, 0.4) is 0 Å². The minimum atomic E-state index is 0.0867. The molecule has 0 saturated carbocycles. The Kier molecular flexibility index (Phi) is 4.58. The van der Waals surface area contributed by atoms with E-state index in [2.05, 4.69) is 29.6 Å². The van der Waals surface area contributed by atoms with Gasteiger partial charge in [-0.15, -0.1) is 0 Å². The molecular formula is C14H24N4O. The average Bonchev–Trinajstić information content (AvgIpc) is 2.96. The highest BCUT2D eigenvalue weighted by molar-refractivity contribution is 5.91. The molecule has 1 aliphatic rings. The highest BCUT2D eigenvalue weighted by Crippen LogP contribution is 2.22. The van der Waals surface area contributed by atoms with Crippen LogP contribution in [0.4, 0.5) is 5.69 Å². The van der Waals surface area contributed by atoms with E-state index in [-0.39, 0.29) is 5.91 Å². The van der Waals surface area contributed by atoms with Crippen molar-refractivity contribution in [3.8, 4) is 0 Å². The Labute approximate surface area is 114 Å². The molecule has 19 heavy (non-hydrogen) atoms. The molecule has 5 nitrogen and oxygen atoms in total. The van der Waals surface area contributed by atoms with Crippen LogP contribution in [0.2, 0.25) is 0 Å². The highest BCUT2D eigenvalue weighted by atomic mass is 16.1. The second-order valence-electron chi connectivity index (χ2n) is 5.64. The van der Waals surface area contributed by atoms with E-state index in [1.165, 1.54) is 12.8 Å².